The molecule has 0 spiro atoms. The third kappa shape index (κ3) is 3.57. The minimum Gasteiger partial charge on any atom is -0.481 e. The van der Waals surface area contributed by atoms with Crippen LogP contribution in [0.5, 0.6) is 0 Å². The lowest BCUT2D eigenvalue weighted by molar-refractivity contribution is -0.137. The zero-order valence-corrected chi connectivity index (χ0v) is 8.23. The van der Waals surface area contributed by atoms with E-state index in [0.717, 1.165) is 18.8 Å². The molecule has 0 amide bonds. The van der Waals surface area contributed by atoms with Crippen molar-refractivity contribution in [1.82, 2.24) is 14.9 Å². The van der Waals surface area contributed by atoms with Gasteiger partial charge in [-0.2, -0.15) is 0 Å². The number of carbonyl (C=O) groups is 1. The van der Waals surface area contributed by atoms with E-state index in [1.54, 1.807) is 12.5 Å². The Labute approximate surface area is 82.8 Å². The van der Waals surface area contributed by atoms with Crippen molar-refractivity contribution >= 4 is 5.97 Å². The minimum atomic E-state index is -0.743. The second-order valence-electron chi connectivity index (χ2n) is 3.17. The van der Waals surface area contributed by atoms with E-state index in [4.69, 9.17) is 5.11 Å². The van der Waals surface area contributed by atoms with Gasteiger partial charge in [0.15, 0.2) is 0 Å². The van der Waals surface area contributed by atoms with Gasteiger partial charge in [-0.3, -0.25) is 4.79 Å². The quantitative estimate of drug-likeness (QED) is 0.647. The van der Waals surface area contributed by atoms with E-state index in [1.165, 1.54) is 0 Å². The molecule has 14 heavy (non-hydrogen) atoms. The smallest absolute Gasteiger partial charge is 0.303 e. The normalized spacial score (nSPS) is 10.4. The molecule has 0 aliphatic rings. The average molecular weight is 197 g/mol. The summed E-state index contributed by atoms with van der Waals surface area (Å²) < 4.78 is 1.93. The van der Waals surface area contributed by atoms with Crippen LogP contribution in [0.15, 0.2) is 12.5 Å². The number of aryl methyl sites for hydroxylation is 1. The van der Waals surface area contributed by atoms with Crippen LogP contribution in [-0.4, -0.2) is 27.2 Å². The van der Waals surface area contributed by atoms with Crippen molar-refractivity contribution in [3.63, 3.8) is 0 Å². The number of carboxylic acids is 1. The molecule has 0 saturated heterocycles. The third-order valence-corrected chi connectivity index (χ3v) is 1.97. The standard InChI is InChI=1S/C9H15N3O2/c1-12-7-11-6-8(12)5-10-4-2-3-9(13)14/h6-7,10H,2-5H2,1H3,(H,13,14). The molecule has 1 aromatic heterocycles. The summed E-state index contributed by atoms with van der Waals surface area (Å²) in [6, 6.07) is 0. The fourth-order valence-corrected chi connectivity index (χ4v) is 1.14. The maximum Gasteiger partial charge on any atom is 0.303 e. The molecule has 0 unspecified atom stereocenters. The minimum absolute atomic E-state index is 0.221. The summed E-state index contributed by atoms with van der Waals surface area (Å²) in [6.45, 7) is 1.45. The van der Waals surface area contributed by atoms with Crippen LogP contribution < -0.4 is 5.32 Å². The lowest BCUT2D eigenvalue weighted by atomic mass is 10.3. The van der Waals surface area contributed by atoms with E-state index >= 15 is 0 Å². The van der Waals surface area contributed by atoms with Gasteiger partial charge in [0, 0.05) is 26.2 Å². The fraction of sp³-hybridized carbons (Fsp3) is 0.556. The first-order valence-electron chi connectivity index (χ1n) is 4.58. The van der Waals surface area contributed by atoms with Gasteiger partial charge in [-0.05, 0) is 13.0 Å². The van der Waals surface area contributed by atoms with E-state index in [-0.39, 0.29) is 6.42 Å². The molecule has 1 heterocycles. The van der Waals surface area contributed by atoms with Gasteiger partial charge in [0.25, 0.3) is 0 Å². The number of nitrogens with zero attached hydrogens (tertiary/aromatic N) is 2. The molecular weight excluding hydrogens is 182 g/mol. The topological polar surface area (TPSA) is 67.2 Å². The van der Waals surface area contributed by atoms with Gasteiger partial charge in [-0.15, -0.1) is 0 Å². The predicted octanol–water partition coefficient (Wildman–Crippen LogP) is 0.374. The molecule has 0 fully saturated rings. The molecular formula is C9H15N3O2. The molecule has 2 N–H and O–H groups in total. The number of imidazole rings is 1. The van der Waals surface area contributed by atoms with Gasteiger partial charge in [0.05, 0.1) is 12.0 Å². The van der Waals surface area contributed by atoms with Gasteiger partial charge in [0.1, 0.15) is 0 Å². The van der Waals surface area contributed by atoms with Gasteiger partial charge in [0.2, 0.25) is 0 Å². The summed E-state index contributed by atoms with van der Waals surface area (Å²) in [7, 11) is 1.93. The highest BCUT2D eigenvalue weighted by atomic mass is 16.4. The van der Waals surface area contributed by atoms with E-state index in [2.05, 4.69) is 10.3 Å². The Morgan fingerprint density at radius 2 is 2.50 bits per heavy atom. The van der Waals surface area contributed by atoms with Gasteiger partial charge in [-0.1, -0.05) is 0 Å². The number of hydrogen-bond acceptors (Lipinski definition) is 3. The summed E-state index contributed by atoms with van der Waals surface area (Å²) in [5.41, 5.74) is 1.10. The highest BCUT2D eigenvalue weighted by molar-refractivity contribution is 5.66. The first-order chi connectivity index (χ1) is 6.70. The van der Waals surface area contributed by atoms with Crippen LogP contribution in [0.1, 0.15) is 18.5 Å². The average Bonchev–Trinajstić information content (AvgIpc) is 2.51. The molecule has 0 aromatic carbocycles. The van der Waals surface area contributed by atoms with Gasteiger partial charge >= 0.3 is 5.97 Å². The SMILES string of the molecule is Cn1cncc1CNCCCC(=O)O. The number of aromatic nitrogens is 2. The Morgan fingerprint density at radius 1 is 1.71 bits per heavy atom. The van der Waals surface area contributed by atoms with Crippen molar-refractivity contribution in [2.75, 3.05) is 6.54 Å². The second kappa shape index (κ2) is 5.39. The largest absolute Gasteiger partial charge is 0.481 e. The van der Waals surface area contributed by atoms with Gasteiger partial charge in [-0.25, -0.2) is 4.98 Å². The van der Waals surface area contributed by atoms with Crippen LogP contribution in [-0.2, 0) is 18.4 Å². The molecule has 0 saturated carbocycles. The van der Waals surface area contributed by atoms with Crippen LogP contribution in [0.25, 0.3) is 0 Å². The number of nitrogens with one attached hydrogen (secondary N) is 1. The van der Waals surface area contributed by atoms with E-state index in [1.807, 2.05) is 11.6 Å². The Hall–Kier alpha value is -1.36. The van der Waals surface area contributed by atoms with E-state index in [9.17, 15) is 4.79 Å². The molecule has 1 aromatic rings. The first kappa shape index (κ1) is 10.7. The van der Waals surface area contributed by atoms with Crippen molar-refractivity contribution in [1.29, 1.82) is 0 Å². The van der Waals surface area contributed by atoms with Crippen molar-refractivity contribution in [2.45, 2.75) is 19.4 Å². The molecule has 5 nitrogen and oxygen atoms in total. The Balaban J connectivity index is 2.10. The summed E-state index contributed by atoms with van der Waals surface area (Å²) in [5, 5.41) is 11.6. The number of rotatable bonds is 6. The van der Waals surface area contributed by atoms with Crippen LogP contribution in [0.2, 0.25) is 0 Å². The number of carboxylic acid groups (broad SMARTS) is 1. The predicted molar refractivity (Wildman–Crippen MR) is 51.8 cm³/mol. The first-order valence-corrected chi connectivity index (χ1v) is 4.58. The number of aliphatic carboxylic acids is 1. The Morgan fingerprint density at radius 3 is 3.07 bits per heavy atom. The van der Waals surface area contributed by atoms with E-state index < -0.39 is 5.97 Å². The van der Waals surface area contributed by atoms with E-state index in [0.29, 0.717) is 6.42 Å². The van der Waals surface area contributed by atoms with Crippen LogP contribution in [0.4, 0.5) is 0 Å². The molecule has 5 heteroatoms. The van der Waals surface area contributed by atoms with Crippen LogP contribution in [0.3, 0.4) is 0 Å². The van der Waals surface area contributed by atoms with Crippen molar-refractivity contribution in [3.8, 4) is 0 Å². The Kier molecular flexibility index (Phi) is 4.12. The van der Waals surface area contributed by atoms with Crippen LogP contribution in [0, 0.1) is 0 Å². The molecule has 0 aliphatic heterocycles. The monoisotopic (exact) mass is 197 g/mol. The maximum absolute atomic E-state index is 10.2. The summed E-state index contributed by atoms with van der Waals surface area (Å²) >= 11 is 0. The zero-order chi connectivity index (χ0) is 10.4. The van der Waals surface area contributed by atoms with Gasteiger partial charge < -0.3 is 15.0 Å². The molecule has 1 rings (SSSR count). The highest BCUT2D eigenvalue weighted by Gasteiger charge is 1.98. The maximum atomic E-state index is 10.2. The molecule has 0 aliphatic carbocycles. The fourth-order valence-electron chi connectivity index (χ4n) is 1.14. The zero-order valence-electron chi connectivity index (χ0n) is 8.23. The van der Waals surface area contributed by atoms with Crippen molar-refractivity contribution in [3.05, 3.63) is 18.2 Å². The second-order valence-corrected chi connectivity index (χ2v) is 3.17. The molecule has 0 radical (unpaired) electrons. The number of hydrogen-bond donors (Lipinski definition) is 2. The van der Waals surface area contributed by atoms with Crippen molar-refractivity contribution in [2.24, 2.45) is 7.05 Å². The van der Waals surface area contributed by atoms with Crippen LogP contribution >= 0.6 is 0 Å². The summed E-state index contributed by atoms with van der Waals surface area (Å²) in [5.74, 6) is -0.743. The molecule has 0 bridgehead atoms. The highest BCUT2D eigenvalue weighted by Crippen LogP contribution is 1.95. The van der Waals surface area contributed by atoms with Crippen molar-refractivity contribution < 1.29 is 9.90 Å². The lowest BCUT2D eigenvalue weighted by Gasteiger charge is -2.03. The summed E-state index contributed by atoms with van der Waals surface area (Å²) in [4.78, 5) is 14.2. The Bertz CT molecular complexity index is 296. The lowest BCUT2D eigenvalue weighted by Crippen LogP contribution is -2.17. The summed E-state index contributed by atoms with van der Waals surface area (Å²) in [6.07, 6.45) is 4.42. The molecule has 0 atom stereocenters. The third-order valence-electron chi connectivity index (χ3n) is 1.97. The molecule has 78 valence electrons.